The molecule has 0 aromatic heterocycles. The van der Waals surface area contributed by atoms with Gasteiger partial charge in [-0.3, -0.25) is 0 Å². The largest absolute Gasteiger partial charge is 0.0891 e. The monoisotopic (exact) mass is 476 g/mol. The van der Waals surface area contributed by atoms with Crippen molar-refractivity contribution in [1.29, 1.82) is 0 Å². The predicted octanol–water partition coefficient (Wildman–Crippen LogP) is 8.68. The molecular formula is C36H44. The summed E-state index contributed by atoms with van der Waals surface area (Å²) in [6.07, 6.45) is 16.3. The minimum Gasteiger partial charge on any atom is -0.0891 e. The van der Waals surface area contributed by atoms with Crippen LogP contribution >= 0.6 is 0 Å². The van der Waals surface area contributed by atoms with Gasteiger partial charge in [-0.25, -0.2) is 0 Å². The van der Waals surface area contributed by atoms with E-state index >= 15 is 0 Å². The van der Waals surface area contributed by atoms with Crippen molar-refractivity contribution in [3.8, 4) is 35.5 Å². The highest BCUT2D eigenvalue weighted by atomic mass is 14.6. The Morgan fingerprint density at radius 2 is 1.72 bits per heavy atom. The molecule has 188 valence electrons. The molecule has 0 N–H and O–H groups in total. The van der Waals surface area contributed by atoms with Crippen molar-refractivity contribution in [1.82, 2.24) is 0 Å². The summed E-state index contributed by atoms with van der Waals surface area (Å²) < 4.78 is 0. The Balaban J connectivity index is 1.18. The Morgan fingerprint density at radius 1 is 0.917 bits per heavy atom. The van der Waals surface area contributed by atoms with E-state index in [0.717, 1.165) is 47.5 Å². The molecule has 0 unspecified atom stereocenters. The molecule has 0 radical (unpaired) electrons. The van der Waals surface area contributed by atoms with E-state index in [2.05, 4.69) is 69.3 Å². The second-order valence-electron chi connectivity index (χ2n) is 13.0. The van der Waals surface area contributed by atoms with Gasteiger partial charge >= 0.3 is 0 Å². The van der Waals surface area contributed by atoms with Crippen molar-refractivity contribution in [3.05, 3.63) is 47.5 Å². The van der Waals surface area contributed by atoms with Crippen LogP contribution in [0.2, 0.25) is 0 Å². The molecule has 0 nitrogen and oxygen atoms in total. The van der Waals surface area contributed by atoms with Gasteiger partial charge in [0.15, 0.2) is 0 Å². The third-order valence-corrected chi connectivity index (χ3v) is 11.1. The summed E-state index contributed by atoms with van der Waals surface area (Å²) in [5, 5.41) is 0. The molecule has 36 heavy (non-hydrogen) atoms. The van der Waals surface area contributed by atoms with Crippen LogP contribution in [0.25, 0.3) is 0 Å². The summed E-state index contributed by atoms with van der Waals surface area (Å²) in [6.45, 7) is 10.3. The van der Waals surface area contributed by atoms with Crippen LogP contribution < -0.4 is 0 Å². The lowest BCUT2D eigenvalue weighted by Gasteiger charge is -2.58. The molecule has 0 saturated heterocycles. The lowest BCUT2D eigenvalue weighted by molar-refractivity contribution is -0.0520. The fourth-order valence-electron chi connectivity index (χ4n) is 9.11. The van der Waals surface area contributed by atoms with Crippen LogP contribution in [0.3, 0.4) is 0 Å². The molecule has 5 rings (SSSR count). The quantitative estimate of drug-likeness (QED) is 0.302. The van der Waals surface area contributed by atoms with E-state index in [1.807, 2.05) is 35.9 Å². The summed E-state index contributed by atoms with van der Waals surface area (Å²) in [6, 6.07) is 10.00. The highest BCUT2D eigenvalue weighted by Crippen LogP contribution is 2.67. The number of benzene rings is 1. The van der Waals surface area contributed by atoms with Crippen LogP contribution in [-0.2, 0) is 0 Å². The van der Waals surface area contributed by atoms with Gasteiger partial charge in [-0.05, 0) is 140 Å². The average molecular weight is 477 g/mol. The molecular weight excluding hydrogens is 432 g/mol. The van der Waals surface area contributed by atoms with Crippen molar-refractivity contribution >= 4 is 0 Å². The van der Waals surface area contributed by atoms with Gasteiger partial charge in [0.25, 0.3) is 0 Å². The highest BCUT2D eigenvalue weighted by molar-refractivity contribution is 5.42. The van der Waals surface area contributed by atoms with Crippen LogP contribution in [0, 0.1) is 81.9 Å². The van der Waals surface area contributed by atoms with Gasteiger partial charge in [-0.2, -0.15) is 0 Å². The molecule has 4 aliphatic carbocycles. The topological polar surface area (TPSA) is 0 Å². The number of fused-ring (bicyclic) bond motifs is 5. The minimum atomic E-state index is 0.503. The van der Waals surface area contributed by atoms with E-state index in [0.29, 0.717) is 10.8 Å². The van der Waals surface area contributed by atoms with Crippen molar-refractivity contribution < 1.29 is 0 Å². The number of allylic oxidation sites excluding steroid dienone is 2. The van der Waals surface area contributed by atoms with E-state index < -0.39 is 0 Å². The van der Waals surface area contributed by atoms with E-state index in [1.165, 1.54) is 57.8 Å². The van der Waals surface area contributed by atoms with E-state index in [1.54, 1.807) is 0 Å². The zero-order valence-corrected chi connectivity index (χ0v) is 23.0. The fourth-order valence-corrected chi connectivity index (χ4v) is 9.11. The fraction of sp³-hybridized carbons (Fsp3) is 0.611. The maximum atomic E-state index is 3.31. The number of hydrogen-bond donors (Lipinski definition) is 0. The molecule has 1 aromatic carbocycles. The van der Waals surface area contributed by atoms with Gasteiger partial charge in [0, 0.05) is 12.0 Å². The molecule has 1 aromatic rings. The Kier molecular flexibility index (Phi) is 7.42. The molecule has 0 bridgehead atoms. The molecule has 0 amide bonds. The van der Waals surface area contributed by atoms with Crippen molar-refractivity contribution in [2.45, 2.75) is 91.9 Å². The van der Waals surface area contributed by atoms with Crippen LogP contribution in [0.4, 0.5) is 0 Å². The van der Waals surface area contributed by atoms with Gasteiger partial charge in [0.2, 0.25) is 0 Å². The second-order valence-corrected chi connectivity index (χ2v) is 13.0. The SMILES string of the molecule is C[C@H]1CC[C@@]2(C)C(=CC[C@H]3[C@@H]4CC[C@H]([C@H](C)CCC#CC#CC#Cc5ccccc5)[C@@]4(C)CC[C@@H]32)C1. The average Bonchev–Trinajstić information content (AvgIpc) is 3.24. The summed E-state index contributed by atoms with van der Waals surface area (Å²) in [5.74, 6) is 23.4. The first-order valence-electron chi connectivity index (χ1n) is 14.7. The Hall–Kier alpha value is -2.36. The van der Waals surface area contributed by atoms with E-state index in [9.17, 15) is 0 Å². The smallest absolute Gasteiger partial charge is 0.0255 e. The summed E-state index contributed by atoms with van der Waals surface area (Å²) in [5.41, 5.74) is 3.87. The van der Waals surface area contributed by atoms with Crippen molar-refractivity contribution in [3.63, 3.8) is 0 Å². The standard InChI is InChI=1S/C36H44/c1-27-22-24-35(3)30(26-27)18-19-31-33-21-20-32(36(33,4)25-23-34(31)35)28(2)14-10-7-5-6-8-11-15-29-16-12-9-13-17-29/h9,12-13,16-18,27-28,31-34H,10,14,19-26H2,1-4H3/t27-,28+,31-,32+,33-,34-,35-,36+/m0/s1. The number of rotatable bonds is 3. The first kappa shape index (κ1) is 25.3. The van der Waals surface area contributed by atoms with Gasteiger partial charge in [0.05, 0.1) is 0 Å². The highest BCUT2D eigenvalue weighted by Gasteiger charge is 2.58. The zero-order valence-electron chi connectivity index (χ0n) is 23.0. The summed E-state index contributed by atoms with van der Waals surface area (Å²) >= 11 is 0. The van der Waals surface area contributed by atoms with Gasteiger partial charge in [-0.15, -0.1) is 0 Å². The summed E-state index contributed by atoms with van der Waals surface area (Å²) in [7, 11) is 0. The molecule has 0 heterocycles. The van der Waals surface area contributed by atoms with Gasteiger partial charge in [-0.1, -0.05) is 69.4 Å². The zero-order chi connectivity index (χ0) is 25.2. The second kappa shape index (κ2) is 10.6. The summed E-state index contributed by atoms with van der Waals surface area (Å²) in [4.78, 5) is 0. The normalized spacial score (nSPS) is 37.2. The lowest BCUT2D eigenvalue weighted by atomic mass is 9.46. The molecule has 8 atom stereocenters. The van der Waals surface area contributed by atoms with E-state index in [-0.39, 0.29) is 0 Å². The van der Waals surface area contributed by atoms with Gasteiger partial charge < -0.3 is 0 Å². The first-order valence-corrected chi connectivity index (χ1v) is 14.7. The van der Waals surface area contributed by atoms with Crippen molar-refractivity contribution in [2.24, 2.45) is 46.3 Å². The Bertz CT molecular complexity index is 1150. The van der Waals surface area contributed by atoms with Crippen LogP contribution in [-0.4, -0.2) is 0 Å². The van der Waals surface area contributed by atoms with Crippen LogP contribution in [0.5, 0.6) is 0 Å². The lowest BCUT2D eigenvalue weighted by Crippen LogP contribution is -2.50. The Morgan fingerprint density at radius 3 is 2.56 bits per heavy atom. The van der Waals surface area contributed by atoms with Crippen LogP contribution in [0.1, 0.15) is 97.5 Å². The van der Waals surface area contributed by atoms with E-state index in [4.69, 9.17) is 0 Å². The third kappa shape index (κ3) is 4.80. The maximum Gasteiger partial charge on any atom is 0.0255 e. The predicted molar refractivity (Wildman–Crippen MR) is 152 cm³/mol. The molecule has 3 fully saturated rings. The number of hydrogen-bond acceptors (Lipinski definition) is 0. The molecule has 0 spiro atoms. The molecule has 4 aliphatic rings. The first-order chi connectivity index (χ1) is 17.4. The van der Waals surface area contributed by atoms with Crippen LogP contribution in [0.15, 0.2) is 42.0 Å². The third-order valence-electron chi connectivity index (χ3n) is 11.1. The van der Waals surface area contributed by atoms with Crippen molar-refractivity contribution in [2.75, 3.05) is 0 Å². The molecule has 0 heteroatoms. The van der Waals surface area contributed by atoms with Gasteiger partial charge in [0.1, 0.15) is 0 Å². The molecule has 0 aliphatic heterocycles. The maximum absolute atomic E-state index is 3.31. The minimum absolute atomic E-state index is 0.503. The molecule has 3 saturated carbocycles. The Labute approximate surface area is 221 Å².